The standard InChI is InChI=1S/C42H25N9/c1-7-31-37(43-17-1)38-32(8-2-18-44-38)49(31)28-15-13-26(14-16-28)27-23-29(50-33-9-3-19-45-39(33)40-34(50)10-4-20-46-40)25-30(24-27)51-35-11-5-21-47-41(35)42-36(51)12-6-22-48-42/h1-25H. The third kappa shape index (κ3) is 4.03. The molecule has 238 valence electrons. The highest BCUT2D eigenvalue weighted by atomic mass is 15.0. The van der Waals surface area contributed by atoms with E-state index in [9.17, 15) is 0 Å². The van der Waals surface area contributed by atoms with Crippen LogP contribution in [0, 0.1) is 0 Å². The minimum absolute atomic E-state index is 0.866. The SMILES string of the molecule is c1cnc2c3ncccc3n(-c3ccc(-c4cc(-n5c6cccnc6c6ncccc65)cc(-n5c6cccnc6c6ncccc65)c4)cc3)c2c1. The quantitative estimate of drug-likeness (QED) is 0.188. The lowest BCUT2D eigenvalue weighted by atomic mass is 10.0. The van der Waals surface area contributed by atoms with Gasteiger partial charge >= 0.3 is 0 Å². The Morgan fingerprint density at radius 1 is 0.275 bits per heavy atom. The van der Waals surface area contributed by atoms with E-state index in [1.807, 2.05) is 73.6 Å². The Labute approximate surface area is 289 Å². The average Bonchev–Trinajstić information content (AvgIpc) is 3.84. The molecule has 0 atom stereocenters. The van der Waals surface area contributed by atoms with Gasteiger partial charge in [-0.05, 0) is 114 Å². The Balaban J connectivity index is 1.17. The van der Waals surface area contributed by atoms with Gasteiger partial charge in [0.25, 0.3) is 0 Å². The van der Waals surface area contributed by atoms with E-state index in [1.54, 1.807) is 0 Å². The van der Waals surface area contributed by atoms with Crippen LogP contribution in [0.25, 0.3) is 94.4 Å². The molecule has 11 rings (SSSR count). The summed E-state index contributed by atoms with van der Waals surface area (Å²) in [7, 11) is 0. The highest BCUT2D eigenvalue weighted by Crippen LogP contribution is 2.37. The lowest BCUT2D eigenvalue weighted by Crippen LogP contribution is -2.00. The second-order valence-corrected chi connectivity index (χ2v) is 12.5. The summed E-state index contributed by atoms with van der Waals surface area (Å²) in [5.41, 5.74) is 16.4. The van der Waals surface area contributed by atoms with E-state index in [0.717, 1.165) is 94.4 Å². The van der Waals surface area contributed by atoms with Gasteiger partial charge in [-0.1, -0.05) is 12.1 Å². The molecule has 9 heterocycles. The highest BCUT2D eigenvalue weighted by molar-refractivity contribution is 6.07. The van der Waals surface area contributed by atoms with E-state index in [4.69, 9.17) is 19.9 Å². The van der Waals surface area contributed by atoms with E-state index in [2.05, 4.69) is 103 Å². The van der Waals surface area contributed by atoms with Crippen LogP contribution in [0.5, 0.6) is 0 Å². The molecule has 0 aliphatic carbocycles. The van der Waals surface area contributed by atoms with E-state index in [0.29, 0.717) is 0 Å². The van der Waals surface area contributed by atoms with Gasteiger partial charge in [0, 0.05) is 54.2 Å². The van der Waals surface area contributed by atoms with E-state index < -0.39 is 0 Å². The first-order valence-electron chi connectivity index (χ1n) is 16.7. The maximum atomic E-state index is 4.75. The van der Waals surface area contributed by atoms with Gasteiger partial charge in [0.15, 0.2) is 0 Å². The number of nitrogens with zero attached hydrogens (tertiary/aromatic N) is 9. The fraction of sp³-hybridized carbons (Fsp3) is 0. The van der Waals surface area contributed by atoms with Crippen molar-refractivity contribution >= 4 is 66.2 Å². The van der Waals surface area contributed by atoms with Gasteiger partial charge in [-0.15, -0.1) is 0 Å². The summed E-state index contributed by atoms with van der Waals surface area (Å²) in [6.45, 7) is 0. The Morgan fingerprint density at radius 2 is 0.569 bits per heavy atom. The van der Waals surface area contributed by atoms with E-state index in [-0.39, 0.29) is 0 Å². The highest BCUT2D eigenvalue weighted by Gasteiger charge is 2.19. The molecule has 2 aromatic carbocycles. The van der Waals surface area contributed by atoms with Crippen molar-refractivity contribution in [1.29, 1.82) is 0 Å². The number of pyridine rings is 6. The lowest BCUT2D eigenvalue weighted by molar-refractivity contribution is 1.13. The van der Waals surface area contributed by atoms with E-state index >= 15 is 0 Å². The van der Waals surface area contributed by atoms with Crippen LogP contribution < -0.4 is 0 Å². The topological polar surface area (TPSA) is 92.1 Å². The second-order valence-electron chi connectivity index (χ2n) is 12.5. The van der Waals surface area contributed by atoms with Crippen LogP contribution in [0.4, 0.5) is 0 Å². The maximum Gasteiger partial charge on any atom is 0.115 e. The molecule has 0 saturated carbocycles. The minimum atomic E-state index is 0.866. The molecule has 0 fully saturated rings. The minimum Gasteiger partial charge on any atom is -0.306 e. The molecule has 9 nitrogen and oxygen atoms in total. The fourth-order valence-electron chi connectivity index (χ4n) is 7.61. The van der Waals surface area contributed by atoms with Crippen LogP contribution in [0.2, 0.25) is 0 Å². The van der Waals surface area contributed by atoms with Crippen molar-refractivity contribution in [3.63, 3.8) is 0 Å². The molecule has 0 N–H and O–H groups in total. The third-order valence-corrected chi connectivity index (χ3v) is 9.71. The van der Waals surface area contributed by atoms with Crippen molar-refractivity contribution in [2.75, 3.05) is 0 Å². The van der Waals surface area contributed by atoms with Gasteiger partial charge in [-0.3, -0.25) is 29.9 Å². The molecular formula is C42H25N9. The van der Waals surface area contributed by atoms with Gasteiger partial charge in [0.2, 0.25) is 0 Å². The molecule has 0 aliphatic rings. The fourth-order valence-corrected chi connectivity index (χ4v) is 7.61. The second kappa shape index (κ2) is 10.6. The monoisotopic (exact) mass is 655 g/mol. The summed E-state index contributed by atoms with van der Waals surface area (Å²) in [6.07, 6.45) is 10.9. The zero-order valence-electron chi connectivity index (χ0n) is 27.0. The Hall–Kier alpha value is -7.26. The number of fused-ring (bicyclic) bond motifs is 9. The van der Waals surface area contributed by atoms with Gasteiger partial charge in [-0.2, -0.15) is 0 Å². The van der Waals surface area contributed by atoms with Crippen LogP contribution >= 0.6 is 0 Å². The molecular weight excluding hydrogens is 631 g/mol. The normalized spacial score (nSPS) is 11.9. The summed E-state index contributed by atoms with van der Waals surface area (Å²) in [4.78, 5) is 28.3. The number of hydrogen-bond donors (Lipinski definition) is 0. The molecule has 51 heavy (non-hydrogen) atoms. The van der Waals surface area contributed by atoms with Gasteiger partial charge in [0.05, 0.1) is 33.1 Å². The van der Waals surface area contributed by atoms with Crippen molar-refractivity contribution in [2.45, 2.75) is 0 Å². The van der Waals surface area contributed by atoms with Crippen molar-refractivity contribution < 1.29 is 0 Å². The molecule has 0 aliphatic heterocycles. The zero-order valence-corrected chi connectivity index (χ0v) is 27.0. The first-order valence-corrected chi connectivity index (χ1v) is 16.7. The van der Waals surface area contributed by atoms with Gasteiger partial charge in [0.1, 0.15) is 33.1 Å². The molecule has 0 amide bonds. The van der Waals surface area contributed by atoms with E-state index in [1.165, 1.54) is 0 Å². The smallest absolute Gasteiger partial charge is 0.115 e. The van der Waals surface area contributed by atoms with Gasteiger partial charge in [-0.25, -0.2) is 0 Å². The van der Waals surface area contributed by atoms with Crippen LogP contribution in [-0.4, -0.2) is 43.6 Å². The number of rotatable bonds is 4. The first-order chi connectivity index (χ1) is 25.3. The van der Waals surface area contributed by atoms with Gasteiger partial charge < -0.3 is 13.7 Å². The van der Waals surface area contributed by atoms with Crippen molar-refractivity contribution in [3.05, 3.63) is 152 Å². The Bertz CT molecular complexity index is 2860. The number of hydrogen-bond acceptors (Lipinski definition) is 6. The zero-order chi connectivity index (χ0) is 33.5. The average molecular weight is 656 g/mol. The molecule has 9 heteroatoms. The molecule has 0 radical (unpaired) electrons. The molecule has 0 spiro atoms. The number of benzene rings is 2. The summed E-state index contributed by atoms with van der Waals surface area (Å²) in [5.74, 6) is 0. The van der Waals surface area contributed by atoms with Crippen molar-refractivity contribution in [3.8, 4) is 28.2 Å². The van der Waals surface area contributed by atoms with Crippen LogP contribution in [0.15, 0.2) is 152 Å². The van der Waals surface area contributed by atoms with Crippen molar-refractivity contribution in [2.24, 2.45) is 0 Å². The predicted molar refractivity (Wildman–Crippen MR) is 202 cm³/mol. The molecule has 11 aromatic rings. The lowest BCUT2D eigenvalue weighted by Gasteiger charge is -2.16. The van der Waals surface area contributed by atoms with Crippen LogP contribution in [0.1, 0.15) is 0 Å². The number of aromatic nitrogens is 9. The van der Waals surface area contributed by atoms with Crippen LogP contribution in [-0.2, 0) is 0 Å². The van der Waals surface area contributed by atoms with Crippen LogP contribution in [0.3, 0.4) is 0 Å². The molecule has 0 saturated heterocycles. The maximum absolute atomic E-state index is 4.75. The Kier molecular flexibility index (Phi) is 5.76. The molecule has 9 aromatic heterocycles. The molecule has 0 unspecified atom stereocenters. The summed E-state index contributed by atoms with van der Waals surface area (Å²) in [6, 6.07) is 39.9. The largest absolute Gasteiger partial charge is 0.306 e. The third-order valence-electron chi connectivity index (χ3n) is 9.71. The Morgan fingerprint density at radius 3 is 0.882 bits per heavy atom. The predicted octanol–water partition coefficient (Wildman–Crippen LogP) is 9.01. The summed E-state index contributed by atoms with van der Waals surface area (Å²) < 4.78 is 6.75. The van der Waals surface area contributed by atoms with Crippen molar-refractivity contribution in [1.82, 2.24) is 43.6 Å². The summed E-state index contributed by atoms with van der Waals surface area (Å²) in [5, 5.41) is 0. The molecule has 0 bridgehead atoms. The first kappa shape index (κ1) is 27.7. The summed E-state index contributed by atoms with van der Waals surface area (Å²) >= 11 is 0.